The van der Waals surface area contributed by atoms with Crippen LogP contribution in [0.5, 0.6) is 0 Å². The van der Waals surface area contributed by atoms with Crippen LogP contribution in [-0.2, 0) is 0 Å². The molecule has 200 valence electrons. The van der Waals surface area contributed by atoms with Crippen LogP contribution in [0.1, 0.15) is 55.6 Å². The van der Waals surface area contributed by atoms with Crippen LogP contribution in [0, 0.1) is 5.92 Å². The van der Waals surface area contributed by atoms with Gasteiger partial charge >= 0.3 is 0 Å². The maximum Gasteiger partial charge on any atom is 0.0458 e. The molecule has 1 heteroatoms. The molecule has 3 aromatic carbocycles. The standard InChI is InChI=1S/C40H35N/c1-27-35-12-7-8-14-37(35)38-24-23-34(25-39(27)38)41(32-20-17-29(18-21-32)28-9-3-2-4-10-28)33-22-19-31-16-15-30-11-5-6-13-36(30)40(31)26-33/h2-4,7-23,25,27,38,40H,5-6,24,26H2,1H3. The maximum absolute atomic E-state index is 2.55. The summed E-state index contributed by atoms with van der Waals surface area (Å²) in [6.07, 6.45) is 23.7. The van der Waals surface area contributed by atoms with E-state index in [2.05, 4.69) is 139 Å². The zero-order valence-corrected chi connectivity index (χ0v) is 23.6. The summed E-state index contributed by atoms with van der Waals surface area (Å²) < 4.78 is 0. The summed E-state index contributed by atoms with van der Waals surface area (Å²) in [6, 6.07) is 28.9. The molecule has 0 aliphatic heterocycles. The lowest BCUT2D eigenvalue weighted by Gasteiger charge is -2.37. The Kier molecular flexibility index (Phi) is 5.92. The summed E-state index contributed by atoms with van der Waals surface area (Å²) in [6.45, 7) is 2.39. The third-order valence-corrected chi connectivity index (χ3v) is 9.74. The van der Waals surface area contributed by atoms with Gasteiger partial charge in [0, 0.05) is 34.8 Å². The van der Waals surface area contributed by atoms with Gasteiger partial charge in [-0.3, -0.25) is 0 Å². The van der Waals surface area contributed by atoms with Gasteiger partial charge in [0.1, 0.15) is 0 Å². The van der Waals surface area contributed by atoms with Crippen molar-refractivity contribution in [2.24, 2.45) is 5.92 Å². The summed E-state index contributed by atoms with van der Waals surface area (Å²) in [7, 11) is 0. The lowest BCUT2D eigenvalue weighted by Crippen LogP contribution is -2.27. The quantitative estimate of drug-likeness (QED) is 0.325. The number of hydrogen-bond acceptors (Lipinski definition) is 1. The van der Waals surface area contributed by atoms with Crippen molar-refractivity contribution < 1.29 is 0 Å². The molecule has 0 N–H and O–H groups in total. The Morgan fingerprint density at radius 2 is 1.44 bits per heavy atom. The van der Waals surface area contributed by atoms with E-state index >= 15 is 0 Å². The molecule has 0 saturated carbocycles. The Bertz CT molecular complexity index is 1740. The van der Waals surface area contributed by atoms with Gasteiger partial charge in [-0.1, -0.05) is 116 Å². The van der Waals surface area contributed by atoms with Gasteiger partial charge in [0.25, 0.3) is 0 Å². The smallest absolute Gasteiger partial charge is 0.0458 e. The van der Waals surface area contributed by atoms with Gasteiger partial charge in [0.15, 0.2) is 0 Å². The molecule has 0 heterocycles. The molecule has 5 aliphatic carbocycles. The Hall–Kier alpha value is -4.36. The Labute approximate surface area is 243 Å². The fourth-order valence-corrected chi connectivity index (χ4v) is 7.65. The number of rotatable bonds is 4. The molecular formula is C40H35N. The fourth-order valence-electron chi connectivity index (χ4n) is 7.65. The summed E-state index contributed by atoms with van der Waals surface area (Å²) in [5.41, 5.74) is 15.4. The van der Waals surface area contributed by atoms with Gasteiger partial charge in [-0.2, -0.15) is 0 Å². The highest BCUT2D eigenvalue weighted by Crippen LogP contribution is 2.51. The van der Waals surface area contributed by atoms with Gasteiger partial charge < -0.3 is 4.90 Å². The molecule has 3 unspecified atom stereocenters. The molecule has 1 nitrogen and oxygen atoms in total. The van der Waals surface area contributed by atoms with Gasteiger partial charge in [-0.05, 0) is 88.9 Å². The van der Waals surface area contributed by atoms with Crippen LogP contribution in [0.4, 0.5) is 5.69 Å². The first kappa shape index (κ1) is 24.4. The molecule has 41 heavy (non-hydrogen) atoms. The van der Waals surface area contributed by atoms with E-state index in [-0.39, 0.29) is 0 Å². The first-order valence-electron chi connectivity index (χ1n) is 15.2. The van der Waals surface area contributed by atoms with Crippen LogP contribution in [0.2, 0.25) is 0 Å². The topological polar surface area (TPSA) is 3.24 Å². The summed E-state index contributed by atoms with van der Waals surface area (Å²) in [5, 5.41) is 0. The zero-order chi connectivity index (χ0) is 27.3. The molecular weight excluding hydrogens is 494 g/mol. The number of allylic oxidation sites excluding steroid dienone is 13. The monoisotopic (exact) mass is 529 g/mol. The van der Waals surface area contributed by atoms with Crippen LogP contribution in [0.3, 0.4) is 0 Å². The van der Waals surface area contributed by atoms with E-state index < -0.39 is 0 Å². The minimum absolute atomic E-state index is 0.428. The molecule has 3 atom stereocenters. The highest BCUT2D eigenvalue weighted by Gasteiger charge is 2.36. The second kappa shape index (κ2) is 9.93. The van der Waals surface area contributed by atoms with Crippen molar-refractivity contribution in [3.8, 4) is 11.1 Å². The van der Waals surface area contributed by atoms with Crippen LogP contribution in [0.15, 0.2) is 161 Å². The number of anilines is 1. The number of hydrogen-bond donors (Lipinski definition) is 0. The number of benzene rings is 3. The maximum atomic E-state index is 2.55. The molecule has 5 aliphatic rings. The second-order valence-corrected chi connectivity index (χ2v) is 12.0. The summed E-state index contributed by atoms with van der Waals surface area (Å²) in [4.78, 5) is 2.55. The Balaban J connectivity index is 1.20. The predicted molar refractivity (Wildman–Crippen MR) is 172 cm³/mol. The van der Waals surface area contributed by atoms with Gasteiger partial charge in [0.2, 0.25) is 0 Å². The van der Waals surface area contributed by atoms with E-state index in [0.29, 0.717) is 17.8 Å². The lowest BCUT2D eigenvalue weighted by atomic mass is 9.74. The van der Waals surface area contributed by atoms with E-state index in [1.807, 2.05) is 0 Å². The average Bonchev–Trinajstić information content (AvgIpc) is 3.33. The molecule has 3 aromatic rings. The van der Waals surface area contributed by atoms with E-state index in [4.69, 9.17) is 0 Å². The predicted octanol–water partition coefficient (Wildman–Crippen LogP) is 10.3. The third-order valence-electron chi connectivity index (χ3n) is 9.74. The third kappa shape index (κ3) is 4.15. The van der Waals surface area contributed by atoms with Crippen LogP contribution >= 0.6 is 0 Å². The highest BCUT2D eigenvalue weighted by atomic mass is 15.2. The second-order valence-electron chi connectivity index (χ2n) is 12.0. The average molecular weight is 530 g/mol. The van der Waals surface area contributed by atoms with Crippen LogP contribution < -0.4 is 4.90 Å². The molecule has 0 aromatic heterocycles. The summed E-state index contributed by atoms with van der Waals surface area (Å²) in [5.74, 6) is 1.39. The molecule has 0 bridgehead atoms. The van der Waals surface area contributed by atoms with Crippen molar-refractivity contribution in [3.05, 3.63) is 172 Å². The normalized spacial score (nSPS) is 23.9. The zero-order valence-electron chi connectivity index (χ0n) is 23.6. The van der Waals surface area contributed by atoms with Crippen LogP contribution in [0.25, 0.3) is 11.1 Å². The molecule has 0 fully saturated rings. The van der Waals surface area contributed by atoms with E-state index in [9.17, 15) is 0 Å². The van der Waals surface area contributed by atoms with Crippen molar-refractivity contribution in [1.82, 2.24) is 0 Å². The number of nitrogens with zero attached hydrogens (tertiary/aromatic N) is 1. The van der Waals surface area contributed by atoms with Crippen molar-refractivity contribution in [1.29, 1.82) is 0 Å². The molecule has 0 amide bonds. The Morgan fingerprint density at radius 3 is 2.29 bits per heavy atom. The van der Waals surface area contributed by atoms with Gasteiger partial charge in [0.05, 0.1) is 0 Å². The molecule has 0 spiro atoms. The van der Waals surface area contributed by atoms with Crippen molar-refractivity contribution in [2.45, 2.75) is 44.4 Å². The van der Waals surface area contributed by atoms with Crippen molar-refractivity contribution in [3.63, 3.8) is 0 Å². The minimum Gasteiger partial charge on any atom is -0.315 e. The van der Waals surface area contributed by atoms with Crippen molar-refractivity contribution >= 4 is 5.69 Å². The molecule has 0 radical (unpaired) electrons. The SMILES string of the molecule is CC1C2=CC(N(C3=CC=C4C=CC5=CCCC=C5C4C3)c3ccc(-c4ccccc4)cc3)=CCC2c2ccccc21. The van der Waals surface area contributed by atoms with E-state index in [0.717, 1.165) is 25.7 Å². The minimum atomic E-state index is 0.428. The number of fused-ring (bicyclic) bond motifs is 6. The van der Waals surface area contributed by atoms with E-state index in [1.54, 1.807) is 5.57 Å². The summed E-state index contributed by atoms with van der Waals surface area (Å²) >= 11 is 0. The van der Waals surface area contributed by atoms with E-state index in [1.165, 1.54) is 56.1 Å². The van der Waals surface area contributed by atoms with Gasteiger partial charge in [-0.25, -0.2) is 0 Å². The Morgan fingerprint density at radius 1 is 0.683 bits per heavy atom. The fraction of sp³-hybridized carbons (Fsp3) is 0.200. The highest BCUT2D eigenvalue weighted by molar-refractivity contribution is 5.71. The first-order valence-corrected chi connectivity index (χ1v) is 15.2. The first-order chi connectivity index (χ1) is 20.2. The lowest BCUT2D eigenvalue weighted by molar-refractivity contribution is 0.680. The molecule has 8 rings (SSSR count). The van der Waals surface area contributed by atoms with Crippen LogP contribution in [-0.4, -0.2) is 0 Å². The largest absolute Gasteiger partial charge is 0.315 e. The van der Waals surface area contributed by atoms with Crippen molar-refractivity contribution in [2.75, 3.05) is 4.90 Å². The van der Waals surface area contributed by atoms with Gasteiger partial charge in [-0.15, -0.1) is 0 Å². The molecule has 0 saturated heterocycles.